The van der Waals surface area contributed by atoms with Gasteiger partial charge in [0.15, 0.2) is 0 Å². The Hall–Kier alpha value is -6.36. The van der Waals surface area contributed by atoms with Crippen LogP contribution >= 0.6 is 11.3 Å². The van der Waals surface area contributed by atoms with Crippen LogP contribution in [0, 0.1) is 0 Å². The van der Waals surface area contributed by atoms with Crippen LogP contribution in [0.2, 0.25) is 0 Å². The molecule has 0 unspecified atom stereocenters. The maximum atomic E-state index is 2.76. The lowest BCUT2D eigenvalue weighted by Crippen LogP contribution is -2.60. The van der Waals surface area contributed by atoms with E-state index in [4.69, 9.17) is 0 Å². The van der Waals surface area contributed by atoms with Crippen LogP contribution in [0.1, 0.15) is 103 Å². The van der Waals surface area contributed by atoms with Gasteiger partial charge in [-0.2, -0.15) is 0 Å². The van der Waals surface area contributed by atoms with Gasteiger partial charge in [-0.25, -0.2) is 0 Å². The summed E-state index contributed by atoms with van der Waals surface area (Å²) < 4.78 is 5.46. The number of fused-ring (bicyclic) bond motifs is 19. The summed E-state index contributed by atoms with van der Waals surface area (Å²) in [6, 6.07) is 55.0. The van der Waals surface area contributed by atoms with Crippen molar-refractivity contribution in [3.8, 4) is 39.1 Å². The highest BCUT2D eigenvalue weighted by molar-refractivity contribution is 7.27. The van der Waals surface area contributed by atoms with E-state index in [1.807, 2.05) is 11.3 Å². The van der Waals surface area contributed by atoms with Gasteiger partial charge in [0.2, 0.25) is 0 Å². The zero-order valence-electron chi connectivity index (χ0n) is 39.7. The molecule has 0 atom stereocenters. The van der Waals surface area contributed by atoms with Crippen LogP contribution in [0.4, 0.5) is 11.4 Å². The molecular formula is C62H53BN2S. The molecule has 2 aliphatic carbocycles. The first-order chi connectivity index (χ1) is 31.5. The van der Waals surface area contributed by atoms with Crippen molar-refractivity contribution >= 4 is 82.5 Å². The van der Waals surface area contributed by atoms with E-state index in [2.05, 4.69) is 218 Å². The van der Waals surface area contributed by atoms with Gasteiger partial charge >= 0.3 is 6.85 Å². The Labute approximate surface area is 392 Å². The quantitative estimate of drug-likeness (QED) is 0.149. The van der Waals surface area contributed by atoms with Crippen molar-refractivity contribution in [2.75, 3.05) is 4.81 Å². The second-order valence-corrected chi connectivity index (χ2v) is 24.0. The molecule has 14 rings (SSSR count). The minimum Gasteiger partial charge on any atom is -0.376 e. The molecule has 66 heavy (non-hydrogen) atoms. The van der Waals surface area contributed by atoms with Crippen LogP contribution < -0.4 is 15.7 Å². The normalized spacial score (nSPS) is 15.9. The summed E-state index contributed by atoms with van der Waals surface area (Å²) in [5, 5.41) is 5.48. The number of anilines is 2. The molecule has 0 saturated carbocycles. The molecule has 0 amide bonds. The molecule has 4 heterocycles. The van der Waals surface area contributed by atoms with E-state index in [-0.39, 0.29) is 28.5 Å². The molecule has 0 N–H and O–H groups in total. The molecule has 0 saturated heterocycles. The molecule has 0 fully saturated rings. The minimum atomic E-state index is -0.150. The first-order valence-electron chi connectivity index (χ1n) is 24.0. The number of nitrogens with zero attached hydrogens (tertiary/aromatic N) is 2. The van der Waals surface area contributed by atoms with E-state index in [0.717, 1.165) is 0 Å². The zero-order chi connectivity index (χ0) is 45.1. The SMILES string of the molecule is CC(C)(C)c1ccc(N2B3c4cc5c(cc4-n4c6ccc(C(C)(C)C)cc6c6c7c(sc8ccccc87)c(c3c64)-c3cc4c(cc32)-c2ccccc2C4(C)C)C(C)(C)c2ccccc2-5)cc1. The van der Waals surface area contributed by atoms with E-state index in [1.165, 1.54) is 137 Å². The predicted molar refractivity (Wildman–Crippen MR) is 285 cm³/mol. The number of thiophene rings is 1. The Kier molecular flexibility index (Phi) is 7.27. The summed E-state index contributed by atoms with van der Waals surface area (Å²) >= 11 is 1.99. The van der Waals surface area contributed by atoms with Crippen molar-refractivity contribution in [1.82, 2.24) is 4.57 Å². The van der Waals surface area contributed by atoms with Gasteiger partial charge in [0, 0.05) is 70.0 Å². The van der Waals surface area contributed by atoms with E-state index in [9.17, 15) is 0 Å². The highest BCUT2D eigenvalue weighted by Crippen LogP contribution is 2.58. The third-order valence-electron chi connectivity index (χ3n) is 16.5. The van der Waals surface area contributed by atoms with E-state index in [1.54, 1.807) is 0 Å². The Bertz CT molecular complexity index is 3840. The van der Waals surface area contributed by atoms with Gasteiger partial charge in [0.25, 0.3) is 0 Å². The van der Waals surface area contributed by atoms with Crippen LogP contribution in [-0.4, -0.2) is 11.4 Å². The van der Waals surface area contributed by atoms with Crippen LogP contribution in [0.5, 0.6) is 0 Å². The maximum absolute atomic E-state index is 2.76. The van der Waals surface area contributed by atoms with Crippen LogP contribution in [0.3, 0.4) is 0 Å². The highest BCUT2D eigenvalue weighted by Gasteiger charge is 2.49. The van der Waals surface area contributed by atoms with Crippen molar-refractivity contribution in [3.63, 3.8) is 0 Å². The van der Waals surface area contributed by atoms with Gasteiger partial charge in [-0.05, 0) is 126 Å². The second kappa shape index (κ2) is 12.3. The summed E-state index contributed by atoms with van der Waals surface area (Å²) in [7, 11) is 0. The van der Waals surface area contributed by atoms with Gasteiger partial charge in [-0.1, -0.05) is 160 Å². The van der Waals surface area contributed by atoms with E-state index >= 15 is 0 Å². The molecule has 0 radical (unpaired) electrons. The average Bonchev–Trinajstić information content (AvgIpc) is 3.98. The third-order valence-corrected chi connectivity index (χ3v) is 17.7. The highest BCUT2D eigenvalue weighted by atomic mass is 32.1. The van der Waals surface area contributed by atoms with Crippen LogP contribution in [0.25, 0.3) is 81.0 Å². The molecule has 4 heteroatoms. The van der Waals surface area contributed by atoms with Gasteiger partial charge in [-0.15, -0.1) is 11.3 Å². The molecule has 2 aliphatic heterocycles. The second-order valence-electron chi connectivity index (χ2n) is 22.9. The third kappa shape index (κ3) is 4.73. The fourth-order valence-corrected chi connectivity index (χ4v) is 14.3. The van der Waals surface area contributed by atoms with Gasteiger partial charge < -0.3 is 9.38 Å². The summed E-state index contributed by atoms with van der Waals surface area (Å²) in [5.41, 5.74) is 25.5. The first-order valence-corrected chi connectivity index (χ1v) is 24.8. The van der Waals surface area contributed by atoms with Crippen molar-refractivity contribution in [1.29, 1.82) is 0 Å². The fraction of sp³-hybridized carbons (Fsp3) is 0.226. The molecule has 320 valence electrons. The van der Waals surface area contributed by atoms with Gasteiger partial charge in [0.05, 0.1) is 11.0 Å². The minimum absolute atomic E-state index is 0.0103. The molecule has 0 spiro atoms. The average molecular weight is 869 g/mol. The molecule has 8 aromatic carbocycles. The first kappa shape index (κ1) is 38.9. The zero-order valence-corrected chi connectivity index (χ0v) is 40.5. The van der Waals surface area contributed by atoms with Gasteiger partial charge in [0.1, 0.15) is 0 Å². The number of hydrogen-bond donors (Lipinski definition) is 0. The fourth-order valence-electron chi connectivity index (χ4n) is 13.0. The van der Waals surface area contributed by atoms with Gasteiger partial charge in [-0.3, -0.25) is 0 Å². The smallest absolute Gasteiger partial charge is 0.333 e. The van der Waals surface area contributed by atoms with Crippen molar-refractivity contribution < 1.29 is 0 Å². The summed E-state index contributed by atoms with van der Waals surface area (Å²) in [5.74, 6) is 0. The molecule has 4 aliphatic rings. The standard InChI is InChI=1S/C62H53BN2S/c1-59(2,3)34-23-26-36(27-24-34)65-50-32-41-38-18-12-15-21-45(38)61(7,8)46(41)30-43(50)55-56-57-53(54-39-19-13-16-22-52(39)66-58(54)55)42-29-35(60(4,5)6)25-28-49(42)64(57)51-33-47-40(31-48(51)63(56)65)37-17-11-14-20-44(37)62(47,9)10/h11-33H,1-10H3. The monoisotopic (exact) mass is 868 g/mol. The van der Waals surface area contributed by atoms with Crippen molar-refractivity contribution in [3.05, 3.63) is 173 Å². The number of rotatable bonds is 1. The Morgan fingerprint density at radius 3 is 1.79 bits per heavy atom. The summed E-state index contributed by atoms with van der Waals surface area (Å²) in [4.78, 5) is 2.76. The lowest BCUT2D eigenvalue weighted by atomic mass is 9.43. The Balaban J connectivity index is 1.22. The maximum Gasteiger partial charge on any atom is 0.333 e. The lowest BCUT2D eigenvalue weighted by molar-refractivity contribution is 0.590. The molecule has 2 nitrogen and oxygen atoms in total. The number of benzene rings is 8. The Morgan fingerprint density at radius 1 is 0.500 bits per heavy atom. The molecular weight excluding hydrogens is 816 g/mol. The van der Waals surface area contributed by atoms with Crippen molar-refractivity contribution in [2.24, 2.45) is 0 Å². The lowest BCUT2D eigenvalue weighted by Gasteiger charge is -2.43. The topological polar surface area (TPSA) is 8.17 Å². The number of aromatic nitrogens is 1. The predicted octanol–water partition coefficient (Wildman–Crippen LogP) is 15.6. The molecule has 0 bridgehead atoms. The Morgan fingerprint density at radius 2 is 1.11 bits per heavy atom. The largest absolute Gasteiger partial charge is 0.376 e. The summed E-state index contributed by atoms with van der Waals surface area (Å²) in [6.07, 6.45) is 0. The van der Waals surface area contributed by atoms with E-state index in [0.29, 0.717) is 0 Å². The number of hydrogen-bond acceptors (Lipinski definition) is 2. The van der Waals surface area contributed by atoms with E-state index < -0.39 is 0 Å². The van der Waals surface area contributed by atoms with Crippen molar-refractivity contribution in [2.45, 2.75) is 90.9 Å². The molecule has 10 aromatic rings. The summed E-state index contributed by atoms with van der Waals surface area (Å²) in [6.45, 7) is 23.7. The van der Waals surface area contributed by atoms with Crippen LogP contribution in [-0.2, 0) is 21.7 Å². The van der Waals surface area contributed by atoms with Crippen LogP contribution in [0.15, 0.2) is 140 Å². The molecule has 2 aromatic heterocycles.